The number of hydrogen-bond donors (Lipinski definition) is 2. The Hall–Kier alpha value is -2.30. The Morgan fingerprint density at radius 1 is 1.33 bits per heavy atom. The molecule has 0 aliphatic rings. The van der Waals surface area contributed by atoms with Gasteiger partial charge in [0.1, 0.15) is 0 Å². The summed E-state index contributed by atoms with van der Waals surface area (Å²) < 4.78 is 1.30. The predicted octanol–water partition coefficient (Wildman–Crippen LogP) is 1.15. The molecule has 1 aromatic heterocycles. The third kappa shape index (κ3) is 1.54. The average Bonchev–Trinajstić information content (AvgIpc) is 2.61. The van der Waals surface area contributed by atoms with Crippen LogP contribution in [0, 0.1) is 0 Å². The number of benzene rings is 1. The van der Waals surface area contributed by atoms with Crippen LogP contribution < -0.4 is 5.73 Å². The molecule has 0 aliphatic heterocycles. The molecule has 1 heterocycles. The highest BCUT2D eigenvalue weighted by Crippen LogP contribution is 2.15. The van der Waals surface area contributed by atoms with E-state index in [-0.39, 0.29) is 11.4 Å². The number of aromatic nitrogens is 2. The van der Waals surface area contributed by atoms with Crippen LogP contribution in [0.25, 0.3) is 5.69 Å². The van der Waals surface area contributed by atoms with Gasteiger partial charge in [-0.15, -0.1) is 0 Å². The lowest BCUT2D eigenvalue weighted by Gasteiger charge is -2.03. The van der Waals surface area contributed by atoms with E-state index < -0.39 is 5.97 Å². The number of nitrogen functional groups attached to an aromatic ring is 1. The number of rotatable bonds is 2. The Bertz CT molecular complexity index is 491. The van der Waals surface area contributed by atoms with Gasteiger partial charge < -0.3 is 10.8 Å². The van der Waals surface area contributed by atoms with E-state index in [0.29, 0.717) is 5.69 Å². The molecule has 0 amide bonds. The highest BCUT2D eigenvalue weighted by molar-refractivity contribution is 5.92. The quantitative estimate of drug-likeness (QED) is 0.767. The molecule has 2 rings (SSSR count). The number of aromatic carboxylic acids is 1. The van der Waals surface area contributed by atoms with E-state index >= 15 is 0 Å². The minimum atomic E-state index is -1.09. The number of para-hydroxylation sites is 1. The van der Waals surface area contributed by atoms with Crippen LogP contribution in [0.1, 0.15) is 10.5 Å². The number of nitrogens with two attached hydrogens (primary N) is 1. The van der Waals surface area contributed by atoms with Gasteiger partial charge in [-0.2, -0.15) is 5.10 Å². The molecular formula is C10H9N3O2. The Kier molecular flexibility index (Phi) is 2.13. The molecule has 0 radical (unpaired) electrons. The van der Waals surface area contributed by atoms with Crippen LogP contribution in [0.4, 0.5) is 5.69 Å². The van der Waals surface area contributed by atoms with Crippen LogP contribution in [-0.2, 0) is 0 Å². The zero-order chi connectivity index (χ0) is 10.8. The van der Waals surface area contributed by atoms with Crippen LogP contribution >= 0.6 is 0 Å². The summed E-state index contributed by atoms with van der Waals surface area (Å²) in [5, 5.41) is 12.9. The summed E-state index contributed by atoms with van der Waals surface area (Å²) in [6, 6.07) is 8.98. The minimum Gasteiger partial charge on any atom is -0.476 e. The topological polar surface area (TPSA) is 81.1 Å². The maximum absolute atomic E-state index is 10.9. The van der Waals surface area contributed by atoms with Gasteiger partial charge in [0.15, 0.2) is 5.69 Å². The molecule has 0 saturated carbocycles. The van der Waals surface area contributed by atoms with E-state index in [9.17, 15) is 4.79 Å². The number of anilines is 1. The summed E-state index contributed by atoms with van der Waals surface area (Å²) in [6.45, 7) is 0. The van der Waals surface area contributed by atoms with Gasteiger partial charge in [0, 0.05) is 0 Å². The van der Waals surface area contributed by atoms with Crippen molar-refractivity contribution in [2.75, 3.05) is 5.73 Å². The molecule has 0 fully saturated rings. The molecule has 0 spiro atoms. The normalized spacial score (nSPS) is 10.1. The molecule has 2 aromatic rings. The lowest BCUT2D eigenvalue weighted by molar-refractivity contribution is 0.0688. The lowest BCUT2D eigenvalue weighted by atomic mass is 10.3. The van der Waals surface area contributed by atoms with Gasteiger partial charge in [0.2, 0.25) is 0 Å². The summed E-state index contributed by atoms with van der Waals surface area (Å²) >= 11 is 0. The van der Waals surface area contributed by atoms with Crippen LogP contribution in [0.15, 0.2) is 36.5 Å². The standard InChI is InChI=1S/C10H9N3O2/c11-8-6-12-13(9(8)10(14)15)7-4-2-1-3-5-7/h1-6H,11H2,(H,14,15). The van der Waals surface area contributed by atoms with Crippen LogP contribution in [0.2, 0.25) is 0 Å². The highest BCUT2D eigenvalue weighted by Gasteiger charge is 2.16. The predicted molar refractivity (Wildman–Crippen MR) is 54.9 cm³/mol. The first-order valence-electron chi connectivity index (χ1n) is 4.32. The van der Waals surface area contributed by atoms with Gasteiger partial charge >= 0.3 is 5.97 Å². The fourth-order valence-corrected chi connectivity index (χ4v) is 1.34. The molecule has 15 heavy (non-hydrogen) atoms. The molecule has 1 aromatic carbocycles. The van der Waals surface area contributed by atoms with E-state index in [0.717, 1.165) is 0 Å². The summed E-state index contributed by atoms with van der Waals surface area (Å²) in [5.41, 5.74) is 6.33. The molecule has 0 aliphatic carbocycles. The Labute approximate surface area is 85.8 Å². The molecule has 76 valence electrons. The van der Waals surface area contributed by atoms with Crippen molar-refractivity contribution < 1.29 is 9.90 Å². The van der Waals surface area contributed by atoms with Gasteiger partial charge in [0.05, 0.1) is 17.6 Å². The smallest absolute Gasteiger partial charge is 0.356 e. The van der Waals surface area contributed by atoms with Crippen molar-refractivity contribution in [3.05, 3.63) is 42.2 Å². The van der Waals surface area contributed by atoms with Gasteiger partial charge in [0.25, 0.3) is 0 Å². The zero-order valence-electron chi connectivity index (χ0n) is 7.79. The first-order valence-corrected chi connectivity index (χ1v) is 4.32. The van der Waals surface area contributed by atoms with E-state index in [1.54, 1.807) is 24.3 Å². The van der Waals surface area contributed by atoms with Crippen LogP contribution in [0.3, 0.4) is 0 Å². The van der Waals surface area contributed by atoms with Crippen molar-refractivity contribution in [2.24, 2.45) is 0 Å². The summed E-state index contributed by atoms with van der Waals surface area (Å²) in [7, 11) is 0. The number of carbonyl (C=O) groups is 1. The van der Waals surface area contributed by atoms with Gasteiger partial charge in [-0.1, -0.05) is 18.2 Å². The third-order valence-corrected chi connectivity index (χ3v) is 2.00. The fraction of sp³-hybridized carbons (Fsp3) is 0. The van der Waals surface area contributed by atoms with Crippen LogP contribution in [0.5, 0.6) is 0 Å². The minimum absolute atomic E-state index is 0.0128. The molecule has 5 nitrogen and oxygen atoms in total. The molecule has 0 bridgehead atoms. The van der Waals surface area contributed by atoms with Crippen molar-refractivity contribution in [1.29, 1.82) is 0 Å². The van der Waals surface area contributed by atoms with Crippen LogP contribution in [-0.4, -0.2) is 20.9 Å². The largest absolute Gasteiger partial charge is 0.476 e. The Morgan fingerprint density at radius 3 is 2.60 bits per heavy atom. The SMILES string of the molecule is Nc1cnn(-c2ccccc2)c1C(=O)O. The molecule has 3 N–H and O–H groups in total. The molecule has 0 saturated heterocycles. The molecule has 0 atom stereocenters. The van der Waals surface area contributed by atoms with Crippen molar-refractivity contribution in [1.82, 2.24) is 9.78 Å². The maximum Gasteiger partial charge on any atom is 0.356 e. The fourth-order valence-electron chi connectivity index (χ4n) is 1.34. The van der Waals surface area contributed by atoms with E-state index in [1.165, 1.54) is 10.9 Å². The van der Waals surface area contributed by atoms with Gasteiger partial charge in [-0.3, -0.25) is 0 Å². The first kappa shape index (κ1) is 9.26. The van der Waals surface area contributed by atoms with Crippen molar-refractivity contribution in [2.45, 2.75) is 0 Å². The van der Waals surface area contributed by atoms with Gasteiger partial charge in [-0.25, -0.2) is 9.48 Å². The second kappa shape index (κ2) is 3.45. The van der Waals surface area contributed by atoms with Crippen molar-refractivity contribution in [3.8, 4) is 5.69 Å². The van der Waals surface area contributed by atoms with E-state index in [4.69, 9.17) is 10.8 Å². The Morgan fingerprint density at radius 2 is 2.00 bits per heavy atom. The first-order chi connectivity index (χ1) is 7.20. The van der Waals surface area contributed by atoms with Crippen molar-refractivity contribution in [3.63, 3.8) is 0 Å². The lowest BCUT2D eigenvalue weighted by Crippen LogP contribution is -2.09. The highest BCUT2D eigenvalue weighted by atomic mass is 16.4. The summed E-state index contributed by atoms with van der Waals surface area (Å²) in [4.78, 5) is 10.9. The molecule has 0 unspecified atom stereocenters. The number of carboxylic acids is 1. The molecular weight excluding hydrogens is 194 g/mol. The number of hydrogen-bond acceptors (Lipinski definition) is 3. The maximum atomic E-state index is 10.9. The van der Waals surface area contributed by atoms with E-state index in [1.807, 2.05) is 6.07 Å². The monoisotopic (exact) mass is 203 g/mol. The second-order valence-corrected chi connectivity index (χ2v) is 3.00. The van der Waals surface area contributed by atoms with Crippen molar-refractivity contribution >= 4 is 11.7 Å². The average molecular weight is 203 g/mol. The Balaban J connectivity index is 2.59. The summed E-state index contributed by atoms with van der Waals surface area (Å²) in [6.07, 6.45) is 1.33. The number of nitrogens with zero attached hydrogens (tertiary/aromatic N) is 2. The van der Waals surface area contributed by atoms with E-state index in [2.05, 4.69) is 5.10 Å². The summed E-state index contributed by atoms with van der Waals surface area (Å²) in [5.74, 6) is -1.09. The molecule has 5 heteroatoms. The second-order valence-electron chi connectivity index (χ2n) is 3.00. The number of carboxylic acid groups (broad SMARTS) is 1. The third-order valence-electron chi connectivity index (χ3n) is 2.00. The van der Waals surface area contributed by atoms with Gasteiger partial charge in [-0.05, 0) is 12.1 Å². The zero-order valence-corrected chi connectivity index (χ0v) is 7.79.